The largest absolute Gasteiger partial charge is 0.405 e. The van der Waals surface area contributed by atoms with Crippen molar-refractivity contribution in [1.29, 1.82) is 0 Å². The molecule has 0 aromatic heterocycles. The van der Waals surface area contributed by atoms with Gasteiger partial charge in [0.15, 0.2) is 0 Å². The lowest BCUT2D eigenvalue weighted by Crippen LogP contribution is -2.49. The van der Waals surface area contributed by atoms with Gasteiger partial charge in [0, 0.05) is 23.5 Å². The van der Waals surface area contributed by atoms with Crippen LogP contribution in [0.3, 0.4) is 0 Å². The molecule has 4 amide bonds. The van der Waals surface area contributed by atoms with E-state index in [0.717, 1.165) is 0 Å². The second kappa shape index (κ2) is 9.71. The predicted octanol–water partition coefficient (Wildman–Crippen LogP) is 3.92. The number of alkyl halides is 3. The molecule has 0 saturated carbocycles. The fourth-order valence-corrected chi connectivity index (χ4v) is 3.40. The van der Waals surface area contributed by atoms with Crippen LogP contribution >= 0.6 is 0 Å². The topological polar surface area (TPSA) is 90.5 Å². The second-order valence-corrected chi connectivity index (χ2v) is 7.46. The van der Waals surface area contributed by atoms with Crippen LogP contribution < -0.4 is 16.0 Å². The summed E-state index contributed by atoms with van der Waals surface area (Å²) in [6.07, 6.45) is -3.76. The first kappa shape index (κ1) is 23.1. The van der Waals surface area contributed by atoms with E-state index in [4.69, 9.17) is 0 Å². The van der Waals surface area contributed by atoms with E-state index in [0.29, 0.717) is 28.9 Å². The maximum atomic E-state index is 12.8. The SMILES string of the molecule is Cc1ccc(C(=O)Nc2ccccc2)cc1NC(=O)N1CCCC1C(=O)NCC(F)(F)F. The molecule has 3 N–H and O–H groups in total. The molecule has 7 nitrogen and oxygen atoms in total. The molecule has 1 saturated heterocycles. The normalized spacial score (nSPS) is 15.9. The number of anilines is 2. The standard InChI is InChI=1S/C22H23F3N4O3/c1-14-9-10-15(19(30)27-16-6-3-2-4-7-16)12-17(14)28-21(32)29-11-5-8-18(29)20(31)26-13-22(23,24)25/h2-4,6-7,9-10,12,18H,5,8,11,13H2,1H3,(H,26,31)(H,27,30)(H,28,32). The van der Waals surface area contributed by atoms with Gasteiger partial charge in [-0.3, -0.25) is 9.59 Å². The van der Waals surface area contributed by atoms with Crippen LogP contribution in [-0.2, 0) is 4.79 Å². The Morgan fingerprint density at radius 1 is 1.06 bits per heavy atom. The number of benzene rings is 2. The molecule has 1 unspecified atom stereocenters. The fourth-order valence-electron chi connectivity index (χ4n) is 3.40. The molecule has 170 valence electrons. The lowest BCUT2D eigenvalue weighted by Gasteiger charge is -2.25. The van der Waals surface area contributed by atoms with E-state index in [1.54, 1.807) is 43.3 Å². The minimum atomic E-state index is -4.53. The second-order valence-electron chi connectivity index (χ2n) is 7.46. The summed E-state index contributed by atoms with van der Waals surface area (Å²) in [6.45, 7) is 0.532. The maximum Gasteiger partial charge on any atom is 0.405 e. The molecular weight excluding hydrogens is 425 g/mol. The number of halogens is 3. The van der Waals surface area contributed by atoms with E-state index >= 15 is 0 Å². The summed E-state index contributed by atoms with van der Waals surface area (Å²) in [5.41, 5.74) is 1.99. The first-order valence-corrected chi connectivity index (χ1v) is 10.0. The minimum Gasteiger partial charge on any atom is -0.345 e. The highest BCUT2D eigenvalue weighted by Crippen LogP contribution is 2.23. The van der Waals surface area contributed by atoms with Crippen LogP contribution in [0.4, 0.5) is 29.3 Å². The number of carbonyl (C=O) groups is 3. The van der Waals surface area contributed by atoms with Gasteiger partial charge in [0.05, 0.1) is 0 Å². The van der Waals surface area contributed by atoms with Crippen molar-refractivity contribution in [3.05, 3.63) is 59.7 Å². The van der Waals surface area contributed by atoms with Crippen molar-refractivity contribution in [2.75, 3.05) is 23.7 Å². The van der Waals surface area contributed by atoms with Crippen LogP contribution in [0.15, 0.2) is 48.5 Å². The summed E-state index contributed by atoms with van der Waals surface area (Å²) in [6, 6.07) is 12.1. The lowest BCUT2D eigenvalue weighted by atomic mass is 10.1. The Balaban J connectivity index is 1.68. The van der Waals surface area contributed by atoms with Crippen molar-refractivity contribution in [3.63, 3.8) is 0 Å². The van der Waals surface area contributed by atoms with Crippen LogP contribution in [-0.4, -0.2) is 48.1 Å². The number of para-hydroxylation sites is 1. The Bertz CT molecular complexity index is 996. The van der Waals surface area contributed by atoms with Crippen molar-refractivity contribution in [2.24, 2.45) is 0 Å². The molecule has 1 aliphatic rings. The van der Waals surface area contributed by atoms with Crippen molar-refractivity contribution >= 4 is 29.2 Å². The number of likely N-dealkylation sites (tertiary alicyclic amines) is 1. The fraction of sp³-hybridized carbons (Fsp3) is 0.318. The third kappa shape index (κ3) is 5.99. The summed E-state index contributed by atoms with van der Waals surface area (Å²) in [4.78, 5) is 38.7. The number of carbonyl (C=O) groups excluding carboxylic acids is 3. The van der Waals surface area contributed by atoms with E-state index in [9.17, 15) is 27.6 Å². The van der Waals surface area contributed by atoms with Crippen molar-refractivity contribution in [2.45, 2.75) is 32.0 Å². The first-order valence-electron chi connectivity index (χ1n) is 10.0. The first-order chi connectivity index (χ1) is 15.1. The Hall–Kier alpha value is -3.56. The molecule has 32 heavy (non-hydrogen) atoms. The highest BCUT2D eigenvalue weighted by Gasteiger charge is 2.36. The summed E-state index contributed by atoms with van der Waals surface area (Å²) in [7, 11) is 0. The summed E-state index contributed by atoms with van der Waals surface area (Å²) < 4.78 is 37.2. The lowest BCUT2D eigenvalue weighted by molar-refractivity contribution is -0.140. The molecule has 1 atom stereocenters. The molecule has 0 aliphatic carbocycles. The Morgan fingerprint density at radius 3 is 2.47 bits per heavy atom. The van der Waals surface area contributed by atoms with Gasteiger partial charge in [-0.05, 0) is 49.6 Å². The zero-order chi connectivity index (χ0) is 23.3. The van der Waals surface area contributed by atoms with Crippen LogP contribution in [0.2, 0.25) is 0 Å². The molecular formula is C22H23F3N4O3. The molecule has 0 radical (unpaired) electrons. The number of nitrogens with one attached hydrogen (secondary N) is 3. The Morgan fingerprint density at radius 2 is 1.78 bits per heavy atom. The highest BCUT2D eigenvalue weighted by atomic mass is 19.4. The van der Waals surface area contributed by atoms with E-state index in [-0.39, 0.29) is 18.9 Å². The van der Waals surface area contributed by atoms with E-state index in [2.05, 4.69) is 10.6 Å². The minimum absolute atomic E-state index is 0.239. The molecule has 2 aromatic carbocycles. The van der Waals surface area contributed by atoms with Crippen molar-refractivity contribution in [1.82, 2.24) is 10.2 Å². The van der Waals surface area contributed by atoms with Gasteiger partial charge in [0.2, 0.25) is 5.91 Å². The monoisotopic (exact) mass is 448 g/mol. The summed E-state index contributed by atoms with van der Waals surface area (Å²) in [5.74, 6) is -1.21. The van der Waals surface area contributed by atoms with Crippen LogP contribution in [0, 0.1) is 6.92 Å². The average molecular weight is 448 g/mol. The number of hydrogen-bond donors (Lipinski definition) is 3. The highest BCUT2D eigenvalue weighted by molar-refractivity contribution is 6.05. The summed E-state index contributed by atoms with van der Waals surface area (Å²) >= 11 is 0. The quantitative estimate of drug-likeness (QED) is 0.648. The molecule has 0 spiro atoms. The number of amides is 4. The molecule has 10 heteroatoms. The van der Waals surface area contributed by atoms with Gasteiger partial charge in [0.1, 0.15) is 12.6 Å². The third-order valence-electron chi connectivity index (χ3n) is 5.05. The number of hydrogen-bond acceptors (Lipinski definition) is 3. The smallest absolute Gasteiger partial charge is 0.345 e. The van der Waals surface area contributed by atoms with Gasteiger partial charge in [-0.25, -0.2) is 4.79 Å². The van der Waals surface area contributed by atoms with Crippen LogP contribution in [0.5, 0.6) is 0 Å². The van der Waals surface area contributed by atoms with Crippen LogP contribution in [0.25, 0.3) is 0 Å². The van der Waals surface area contributed by atoms with Gasteiger partial charge in [-0.1, -0.05) is 24.3 Å². The Labute approximate surface area is 183 Å². The average Bonchev–Trinajstić information content (AvgIpc) is 3.24. The van der Waals surface area contributed by atoms with Gasteiger partial charge in [0.25, 0.3) is 5.91 Å². The number of rotatable bonds is 5. The zero-order valence-electron chi connectivity index (χ0n) is 17.3. The van der Waals surface area contributed by atoms with E-state index in [1.165, 1.54) is 11.0 Å². The third-order valence-corrected chi connectivity index (χ3v) is 5.05. The predicted molar refractivity (Wildman–Crippen MR) is 113 cm³/mol. The van der Waals surface area contributed by atoms with Gasteiger partial charge < -0.3 is 20.9 Å². The van der Waals surface area contributed by atoms with Gasteiger partial charge in [-0.2, -0.15) is 13.2 Å². The summed E-state index contributed by atoms with van der Waals surface area (Å²) in [5, 5.41) is 7.26. The van der Waals surface area contributed by atoms with Crippen molar-refractivity contribution in [3.8, 4) is 0 Å². The van der Waals surface area contributed by atoms with Gasteiger partial charge in [-0.15, -0.1) is 0 Å². The van der Waals surface area contributed by atoms with Crippen LogP contribution in [0.1, 0.15) is 28.8 Å². The van der Waals surface area contributed by atoms with E-state index in [1.807, 2.05) is 11.4 Å². The van der Waals surface area contributed by atoms with Gasteiger partial charge >= 0.3 is 12.2 Å². The zero-order valence-corrected chi connectivity index (χ0v) is 17.3. The molecule has 1 fully saturated rings. The van der Waals surface area contributed by atoms with E-state index < -0.39 is 30.7 Å². The number of nitrogens with zero attached hydrogens (tertiary/aromatic N) is 1. The Kier molecular flexibility index (Phi) is 7.01. The molecule has 2 aromatic rings. The molecule has 3 rings (SSSR count). The molecule has 1 aliphatic heterocycles. The maximum absolute atomic E-state index is 12.8. The molecule has 0 bridgehead atoms. The molecule has 1 heterocycles. The van der Waals surface area contributed by atoms with Crippen molar-refractivity contribution < 1.29 is 27.6 Å². The number of urea groups is 1. The number of aryl methyl sites for hydroxylation is 1.